The molecule has 0 aliphatic heterocycles. The van der Waals surface area contributed by atoms with E-state index in [1.54, 1.807) is 12.1 Å². The predicted octanol–water partition coefficient (Wildman–Crippen LogP) is 4.71. The molecule has 1 fully saturated rings. The number of ether oxygens (including phenoxy) is 1. The molecule has 8 nitrogen and oxygen atoms in total. The average Bonchev–Trinajstić information content (AvgIpc) is 3.45. The number of hydrogen-bond acceptors (Lipinski definition) is 7. The minimum absolute atomic E-state index is 0.00867. The molecule has 1 saturated carbocycles. The first-order valence-corrected chi connectivity index (χ1v) is 13.4. The van der Waals surface area contributed by atoms with Crippen LogP contribution in [0.3, 0.4) is 0 Å². The lowest BCUT2D eigenvalue weighted by atomic mass is 9.95. The number of rotatable bonds is 6. The molecule has 0 radical (unpaired) electrons. The van der Waals surface area contributed by atoms with E-state index >= 15 is 0 Å². The number of nitrogens with two attached hydrogens (primary N) is 1. The first-order chi connectivity index (χ1) is 17.1. The standard InChI is InChI=1S/C27H28N4O4S/c1-15-11-16(2)25(17(3)12-15)35-27-20(9-10-22(29-27)21-14-18-7-8-19(21)13-18)26(32)31-36(33,34)24-6-4-5-23(28)30-24/h4-6,9-12,14,18-19H,7-8,13H2,1-3H3,(H2,28,30)(H,31,32). The van der Waals surface area contributed by atoms with Crippen LogP contribution in [-0.4, -0.2) is 24.3 Å². The molecule has 1 aromatic carbocycles. The number of nitrogen functional groups attached to an aromatic ring is 1. The van der Waals surface area contributed by atoms with Crippen LogP contribution in [0.2, 0.25) is 0 Å². The highest BCUT2D eigenvalue weighted by Crippen LogP contribution is 2.47. The first-order valence-electron chi connectivity index (χ1n) is 11.9. The topological polar surface area (TPSA) is 124 Å². The van der Waals surface area contributed by atoms with E-state index in [1.165, 1.54) is 24.6 Å². The van der Waals surface area contributed by atoms with Gasteiger partial charge >= 0.3 is 0 Å². The van der Waals surface area contributed by atoms with Crippen molar-refractivity contribution in [3.8, 4) is 11.6 Å². The molecule has 186 valence electrons. The van der Waals surface area contributed by atoms with Crippen LogP contribution < -0.4 is 15.2 Å². The molecule has 3 N–H and O–H groups in total. The number of anilines is 1. The Hall–Kier alpha value is -3.72. The highest BCUT2D eigenvalue weighted by atomic mass is 32.2. The fourth-order valence-corrected chi connectivity index (χ4v) is 6.16. The summed E-state index contributed by atoms with van der Waals surface area (Å²) in [6.45, 7) is 5.85. The molecular weight excluding hydrogens is 476 g/mol. The number of nitrogens with zero attached hydrogens (tertiary/aromatic N) is 2. The Balaban J connectivity index is 1.54. The summed E-state index contributed by atoms with van der Waals surface area (Å²) in [6, 6.07) is 11.5. The Labute approximate surface area is 210 Å². The maximum Gasteiger partial charge on any atom is 0.281 e. The maximum atomic E-state index is 13.2. The fourth-order valence-electron chi connectivity index (χ4n) is 5.22. The molecule has 2 aliphatic rings. The van der Waals surface area contributed by atoms with Crippen LogP contribution in [0.1, 0.15) is 52.0 Å². The van der Waals surface area contributed by atoms with Gasteiger partial charge < -0.3 is 10.5 Å². The van der Waals surface area contributed by atoms with Crippen LogP contribution in [0.25, 0.3) is 5.57 Å². The zero-order valence-corrected chi connectivity index (χ0v) is 21.2. The number of pyridine rings is 2. The van der Waals surface area contributed by atoms with E-state index in [4.69, 9.17) is 15.5 Å². The quantitative estimate of drug-likeness (QED) is 0.498. The number of nitrogens with one attached hydrogen (secondary N) is 1. The summed E-state index contributed by atoms with van der Waals surface area (Å²) in [7, 11) is -4.26. The van der Waals surface area contributed by atoms with Crippen LogP contribution in [0.15, 0.2) is 53.6 Å². The summed E-state index contributed by atoms with van der Waals surface area (Å²) in [4.78, 5) is 21.8. The maximum absolute atomic E-state index is 13.2. The van der Waals surface area contributed by atoms with E-state index in [0.717, 1.165) is 40.8 Å². The van der Waals surface area contributed by atoms with Crippen LogP contribution in [0.5, 0.6) is 11.6 Å². The second-order valence-electron chi connectivity index (χ2n) is 9.61. The summed E-state index contributed by atoms with van der Waals surface area (Å²) in [5.74, 6) is 0.827. The number of amides is 1. The summed E-state index contributed by atoms with van der Waals surface area (Å²) in [5.41, 5.74) is 10.4. The van der Waals surface area contributed by atoms with Crippen LogP contribution in [-0.2, 0) is 10.0 Å². The largest absolute Gasteiger partial charge is 0.438 e. The SMILES string of the molecule is Cc1cc(C)c(Oc2nc(C3=CC4CCC3C4)ccc2C(=O)NS(=O)(=O)c2cccc(N)n2)c(C)c1. The van der Waals surface area contributed by atoms with Crippen molar-refractivity contribution in [2.24, 2.45) is 11.8 Å². The molecule has 5 rings (SSSR count). The Kier molecular flexibility index (Phi) is 6.04. The molecule has 1 amide bonds. The number of benzene rings is 1. The lowest BCUT2D eigenvalue weighted by molar-refractivity contribution is 0.0978. The van der Waals surface area contributed by atoms with Gasteiger partial charge in [-0.15, -0.1) is 0 Å². The summed E-state index contributed by atoms with van der Waals surface area (Å²) in [5, 5.41) is -0.347. The van der Waals surface area contributed by atoms with E-state index in [1.807, 2.05) is 32.9 Å². The van der Waals surface area contributed by atoms with Crippen LogP contribution in [0.4, 0.5) is 5.82 Å². The van der Waals surface area contributed by atoms with Gasteiger partial charge in [0.2, 0.25) is 5.88 Å². The lowest BCUT2D eigenvalue weighted by Gasteiger charge is -2.18. The van der Waals surface area contributed by atoms with Gasteiger partial charge in [-0.2, -0.15) is 8.42 Å². The van der Waals surface area contributed by atoms with Crippen molar-refractivity contribution in [2.45, 2.75) is 45.1 Å². The number of fused-ring (bicyclic) bond motifs is 2. The second-order valence-corrected chi connectivity index (χ2v) is 11.2. The Morgan fingerprint density at radius 2 is 1.81 bits per heavy atom. The Morgan fingerprint density at radius 1 is 1.06 bits per heavy atom. The van der Waals surface area contributed by atoms with Gasteiger partial charge in [-0.05, 0) is 92.8 Å². The average molecular weight is 505 g/mol. The minimum atomic E-state index is -4.26. The van der Waals surface area contributed by atoms with Gasteiger partial charge in [0.1, 0.15) is 17.1 Å². The van der Waals surface area contributed by atoms with Crippen LogP contribution >= 0.6 is 0 Å². The van der Waals surface area contributed by atoms with Crippen molar-refractivity contribution in [1.82, 2.24) is 14.7 Å². The van der Waals surface area contributed by atoms with Crippen LogP contribution in [0, 0.1) is 32.6 Å². The summed E-state index contributed by atoms with van der Waals surface area (Å²) in [6.07, 6.45) is 5.70. The van der Waals surface area contributed by atoms with Crippen molar-refractivity contribution in [3.05, 3.63) is 76.5 Å². The van der Waals surface area contributed by atoms with Crippen molar-refractivity contribution in [1.29, 1.82) is 0 Å². The highest BCUT2D eigenvalue weighted by Gasteiger charge is 2.34. The predicted molar refractivity (Wildman–Crippen MR) is 137 cm³/mol. The number of allylic oxidation sites excluding steroid dienone is 2. The monoisotopic (exact) mass is 504 g/mol. The lowest BCUT2D eigenvalue weighted by Crippen LogP contribution is -2.31. The van der Waals surface area contributed by atoms with Gasteiger partial charge in [-0.25, -0.2) is 14.7 Å². The molecule has 9 heteroatoms. The van der Waals surface area contributed by atoms with Gasteiger partial charge in [0.05, 0.1) is 5.69 Å². The molecule has 0 saturated heterocycles. The van der Waals surface area contributed by atoms with Crippen molar-refractivity contribution < 1.29 is 17.9 Å². The van der Waals surface area contributed by atoms with E-state index < -0.39 is 15.9 Å². The number of aryl methyl sites for hydroxylation is 3. The third-order valence-corrected chi connectivity index (χ3v) is 8.01. The summed E-state index contributed by atoms with van der Waals surface area (Å²) >= 11 is 0. The number of carbonyl (C=O) groups excluding carboxylic acids is 1. The number of sulfonamides is 1. The number of hydrogen-bond donors (Lipinski definition) is 2. The Morgan fingerprint density at radius 3 is 2.44 bits per heavy atom. The van der Waals surface area contributed by atoms with E-state index in [9.17, 15) is 13.2 Å². The molecule has 2 atom stereocenters. The molecule has 2 aromatic heterocycles. The highest BCUT2D eigenvalue weighted by molar-refractivity contribution is 7.90. The zero-order chi connectivity index (χ0) is 25.6. The van der Waals surface area contributed by atoms with Crippen molar-refractivity contribution in [2.75, 3.05) is 5.73 Å². The molecule has 2 bridgehead atoms. The minimum Gasteiger partial charge on any atom is -0.438 e. The molecule has 0 spiro atoms. The normalized spacial score (nSPS) is 18.7. The van der Waals surface area contributed by atoms with E-state index in [0.29, 0.717) is 17.6 Å². The second kappa shape index (κ2) is 9.05. The molecule has 3 aromatic rings. The first kappa shape index (κ1) is 24.0. The zero-order valence-electron chi connectivity index (χ0n) is 20.4. The van der Waals surface area contributed by atoms with Crippen molar-refractivity contribution >= 4 is 27.3 Å². The number of carbonyl (C=O) groups is 1. The smallest absolute Gasteiger partial charge is 0.281 e. The molecule has 2 unspecified atom stereocenters. The van der Waals surface area contributed by atoms with Gasteiger partial charge in [0, 0.05) is 0 Å². The molecule has 2 heterocycles. The van der Waals surface area contributed by atoms with E-state index in [2.05, 4.69) is 15.8 Å². The van der Waals surface area contributed by atoms with Gasteiger partial charge in [0.25, 0.3) is 15.9 Å². The van der Waals surface area contributed by atoms with Crippen molar-refractivity contribution in [3.63, 3.8) is 0 Å². The third kappa shape index (κ3) is 4.58. The van der Waals surface area contributed by atoms with Gasteiger partial charge in [-0.1, -0.05) is 29.8 Å². The fraction of sp³-hybridized carbons (Fsp3) is 0.296. The summed E-state index contributed by atoms with van der Waals surface area (Å²) < 4.78 is 34.0. The van der Waals surface area contributed by atoms with Gasteiger partial charge in [-0.3, -0.25) is 4.79 Å². The van der Waals surface area contributed by atoms with E-state index in [-0.39, 0.29) is 22.3 Å². The Bertz CT molecular complexity index is 1490. The molecule has 2 aliphatic carbocycles. The van der Waals surface area contributed by atoms with Gasteiger partial charge in [0.15, 0.2) is 5.03 Å². The third-order valence-electron chi connectivity index (χ3n) is 6.78. The molecule has 36 heavy (non-hydrogen) atoms. The number of aromatic nitrogens is 2. The molecular formula is C27H28N4O4S.